The maximum atomic E-state index is 14.6. The van der Waals surface area contributed by atoms with Crippen LogP contribution in [0.1, 0.15) is 48.8 Å². The first-order chi connectivity index (χ1) is 22.6. The Balaban J connectivity index is 1.55. The Kier molecular flexibility index (Phi) is 11.3. The standard InChI is InChI=1S/C37H39ClFN3O4S/c1-27-12-22-34(23-13-27)47(45,46)42(33-20-18-31(39)19-21-33)26-36(43)41(25-29-14-16-30(38)17-15-29)35(24-28-8-4-2-5-9-28)37(44)40-32-10-6-3-7-11-32/h2,4-5,8-9,12-23,32,35H,3,6-7,10-11,24-26H2,1H3,(H,40,44). The van der Waals surface area contributed by atoms with Crippen LogP contribution in [-0.4, -0.2) is 43.8 Å². The molecule has 1 N–H and O–H groups in total. The van der Waals surface area contributed by atoms with Gasteiger partial charge in [-0.25, -0.2) is 12.8 Å². The number of nitrogens with one attached hydrogen (secondary N) is 1. The zero-order valence-electron chi connectivity index (χ0n) is 26.3. The van der Waals surface area contributed by atoms with Crippen LogP contribution < -0.4 is 9.62 Å². The van der Waals surface area contributed by atoms with Crippen LogP contribution in [0.2, 0.25) is 5.02 Å². The number of amides is 2. The minimum atomic E-state index is -4.27. The Morgan fingerprint density at radius 1 is 0.851 bits per heavy atom. The van der Waals surface area contributed by atoms with Crippen molar-refractivity contribution >= 4 is 39.1 Å². The van der Waals surface area contributed by atoms with Crippen LogP contribution in [-0.2, 0) is 32.6 Å². The lowest BCUT2D eigenvalue weighted by molar-refractivity contribution is -0.140. The number of sulfonamides is 1. The van der Waals surface area contributed by atoms with Gasteiger partial charge in [-0.3, -0.25) is 13.9 Å². The summed E-state index contributed by atoms with van der Waals surface area (Å²) in [6.07, 6.45) is 5.11. The topological polar surface area (TPSA) is 86.8 Å². The highest BCUT2D eigenvalue weighted by Gasteiger charge is 2.35. The first-order valence-electron chi connectivity index (χ1n) is 15.8. The smallest absolute Gasteiger partial charge is 0.264 e. The molecule has 1 aliphatic carbocycles. The van der Waals surface area contributed by atoms with Gasteiger partial charge in [0.15, 0.2) is 0 Å². The molecule has 1 saturated carbocycles. The molecule has 1 unspecified atom stereocenters. The molecule has 5 rings (SSSR count). The van der Waals surface area contributed by atoms with E-state index in [1.54, 1.807) is 36.4 Å². The monoisotopic (exact) mass is 675 g/mol. The molecule has 1 atom stereocenters. The van der Waals surface area contributed by atoms with Crippen molar-refractivity contribution in [3.8, 4) is 0 Å². The zero-order chi connectivity index (χ0) is 33.4. The predicted octanol–water partition coefficient (Wildman–Crippen LogP) is 7.07. The summed E-state index contributed by atoms with van der Waals surface area (Å²) < 4.78 is 43.2. The van der Waals surface area contributed by atoms with E-state index in [1.165, 1.54) is 29.2 Å². The molecular weight excluding hydrogens is 637 g/mol. The second kappa shape index (κ2) is 15.6. The van der Waals surface area contributed by atoms with Gasteiger partial charge in [0.05, 0.1) is 10.6 Å². The second-order valence-electron chi connectivity index (χ2n) is 12.0. The summed E-state index contributed by atoms with van der Waals surface area (Å²) in [5.41, 5.74) is 2.57. The average Bonchev–Trinajstić information content (AvgIpc) is 3.07. The maximum Gasteiger partial charge on any atom is 0.264 e. The van der Waals surface area contributed by atoms with E-state index in [9.17, 15) is 22.4 Å². The molecule has 0 spiro atoms. The van der Waals surface area contributed by atoms with Gasteiger partial charge in [0.25, 0.3) is 10.0 Å². The number of aryl methyl sites for hydroxylation is 1. The van der Waals surface area contributed by atoms with Gasteiger partial charge in [-0.2, -0.15) is 0 Å². The van der Waals surface area contributed by atoms with Crippen molar-refractivity contribution in [1.82, 2.24) is 10.2 Å². The summed E-state index contributed by atoms with van der Waals surface area (Å²) in [5, 5.41) is 3.72. The highest BCUT2D eigenvalue weighted by Crippen LogP contribution is 2.26. The fourth-order valence-electron chi connectivity index (χ4n) is 5.86. The van der Waals surface area contributed by atoms with Crippen molar-refractivity contribution < 1.29 is 22.4 Å². The number of hydrogen-bond donors (Lipinski definition) is 1. The summed E-state index contributed by atoms with van der Waals surface area (Å²) >= 11 is 6.16. The molecule has 0 bridgehead atoms. The van der Waals surface area contributed by atoms with Gasteiger partial charge < -0.3 is 10.2 Å². The number of halogens is 2. The Morgan fingerprint density at radius 2 is 1.49 bits per heavy atom. The highest BCUT2D eigenvalue weighted by atomic mass is 35.5. The van der Waals surface area contributed by atoms with Crippen molar-refractivity contribution in [2.75, 3.05) is 10.8 Å². The minimum absolute atomic E-state index is 0.000337. The van der Waals surface area contributed by atoms with E-state index >= 15 is 0 Å². The molecule has 4 aromatic carbocycles. The van der Waals surface area contributed by atoms with Crippen LogP contribution in [0.4, 0.5) is 10.1 Å². The van der Waals surface area contributed by atoms with Crippen LogP contribution in [0.3, 0.4) is 0 Å². The summed E-state index contributed by atoms with van der Waals surface area (Å²) in [7, 11) is -4.27. The van der Waals surface area contributed by atoms with Gasteiger partial charge in [-0.1, -0.05) is 91.0 Å². The van der Waals surface area contributed by atoms with E-state index in [1.807, 2.05) is 37.3 Å². The van der Waals surface area contributed by atoms with Gasteiger partial charge in [-0.15, -0.1) is 0 Å². The highest BCUT2D eigenvalue weighted by molar-refractivity contribution is 7.92. The van der Waals surface area contributed by atoms with E-state index in [0.29, 0.717) is 5.02 Å². The molecule has 0 aliphatic heterocycles. The van der Waals surface area contributed by atoms with Crippen molar-refractivity contribution in [3.05, 3.63) is 131 Å². The molecule has 0 heterocycles. The molecule has 1 fully saturated rings. The maximum absolute atomic E-state index is 14.6. The van der Waals surface area contributed by atoms with E-state index in [-0.39, 0.29) is 35.5 Å². The van der Waals surface area contributed by atoms with Crippen molar-refractivity contribution in [3.63, 3.8) is 0 Å². The molecule has 246 valence electrons. The molecule has 47 heavy (non-hydrogen) atoms. The minimum Gasteiger partial charge on any atom is -0.352 e. The third-order valence-corrected chi connectivity index (χ3v) is 10.5. The summed E-state index contributed by atoms with van der Waals surface area (Å²) in [6, 6.07) is 26.7. The molecule has 10 heteroatoms. The molecule has 4 aromatic rings. The zero-order valence-corrected chi connectivity index (χ0v) is 27.9. The molecule has 7 nitrogen and oxygen atoms in total. The van der Waals surface area contributed by atoms with E-state index in [4.69, 9.17) is 11.6 Å². The second-order valence-corrected chi connectivity index (χ2v) is 14.3. The lowest BCUT2D eigenvalue weighted by atomic mass is 9.94. The van der Waals surface area contributed by atoms with Crippen molar-refractivity contribution in [2.24, 2.45) is 0 Å². The first-order valence-corrected chi connectivity index (χ1v) is 17.6. The number of rotatable bonds is 12. The van der Waals surface area contributed by atoms with Crippen molar-refractivity contribution in [2.45, 2.75) is 69.0 Å². The van der Waals surface area contributed by atoms with Gasteiger partial charge in [-0.05, 0) is 79.4 Å². The molecule has 2 amide bonds. The van der Waals surface area contributed by atoms with Gasteiger partial charge in [0, 0.05) is 24.0 Å². The largest absolute Gasteiger partial charge is 0.352 e. The molecule has 0 saturated heterocycles. The van der Waals surface area contributed by atoms with Gasteiger partial charge >= 0.3 is 0 Å². The fourth-order valence-corrected chi connectivity index (χ4v) is 7.40. The SMILES string of the molecule is Cc1ccc(S(=O)(=O)N(CC(=O)N(Cc2ccc(Cl)cc2)C(Cc2ccccc2)C(=O)NC2CCCCC2)c2ccc(F)cc2)cc1. The van der Waals surface area contributed by atoms with Crippen LogP contribution in [0.25, 0.3) is 0 Å². The van der Waals surface area contributed by atoms with Crippen molar-refractivity contribution in [1.29, 1.82) is 0 Å². The van der Waals surface area contributed by atoms with E-state index in [2.05, 4.69) is 5.32 Å². The third kappa shape index (κ3) is 8.99. The number of hydrogen-bond acceptors (Lipinski definition) is 4. The molecular formula is C37H39ClFN3O4S. The number of benzene rings is 4. The first kappa shape index (κ1) is 34.1. The molecule has 0 aromatic heterocycles. The Bertz CT molecular complexity index is 1750. The lowest BCUT2D eigenvalue weighted by Crippen LogP contribution is -2.55. The van der Waals surface area contributed by atoms with E-state index < -0.39 is 34.3 Å². The number of nitrogens with zero attached hydrogens (tertiary/aromatic N) is 2. The predicted molar refractivity (Wildman–Crippen MR) is 183 cm³/mol. The summed E-state index contributed by atoms with van der Waals surface area (Å²) in [5.74, 6) is -1.42. The lowest BCUT2D eigenvalue weighted by Gasteiger charge is -2.35. The summed E-state index contributed by atoms with van der Waals surface area (Å²) in [4.78, 5) is 30.2. The third-order valence-electron chi connectivity index (χ3n) is 8.49. The normalized spacial score (nSPS) is 14.3. The van der Waals surface area contributed by atoms with Crippen LogP contribution in [0.15, 0.2) is 108 Å². The van der Waals surface area contributed by atoms with Crippen LogP contribution in [0.5, 0.6) is 0 Å². The Morgan fingerprint density at radius 3 is 2.13 bits per heavy atom. The van der Waals surface area contributed by atoms with Crippen LogP contribution in [0, 0.1) is 12.7 Å². The van der Waals surface area contributed by atoms with Crippen LogP contribution >= 0.6 is 11.6 Å². The average molecular weight is 676 g/mol. The Hall–Kier alpha value is -4.21. The molecule has 1 aliphatic rings. The van der Waals surface area contributed by atoms with Gasteiger partial charge in [0.2, 0.25) is 11.8 Å². The molecule has 0 radical (unpaired) electrons. The number of carbonyl (C=O) groups excluding carboxylic acids is 2. The van der Waals surface area contributed by atoms with Gasteiger partial charge in [0.1, 0.15) is 18.4 Å². The quantitative estimate of drug-likeness (QED) is 0.174. The Labute approximate surface area is 281 Å². The number of anilines is 1. The summed E-state index contributed by atoms with van der Waals surface area (Å²) in [6.45, 7) is 1.27. The fraction of sp³-hybridized carbons (Fsp3) is 0.297. The van der Waals surface area contributed by atoms with E-state index in [0.717, 1.165) is 65.2 Å². The number of carbonyl (C=O) groups is 2.